The zero-order valence-electron chi connectivity index (χ0n) is 9.91. The first-order chi connectivity index (χ1) is 7.99. The van der Waals surface area contributed by atoms with Crippen LogP contribution in [0.5, 0.6) is 0 Å². The maximum atomic E-state index is 10.9. The Morgan fingerprint density at radius 2 is 2.29 bits per heavy atom. The standard InChI is InChI=1S/C10H13N5O2/c1-6-4-7(2)9(15(16)17)5-8(6)10-11-13-14(3)12-10/h5-6H,4H2,1-3H3. The largest absolute Gasteiger partial charge is 0.268 e. The first-order valence-corrected chi connectivity index (χ1v) is 5.29. The number of aromatic nitrogens is 4. The number of nitrogens with zero attached hydrogens (tertiary/aromatic N) is 5. The van der Waals surface area contributed by atoms with E-state index < -0.39 is 0 Å². The van der Waals surface area contributed by atoms with E-state index in [1.54, 1.807) is 20.0 Å². The molecule has 17 heavy (non-hydrogen) atoms. The summed E-state index contributed by atoms with van der Waals surface area (Å²) in [5.74, 6) is 0.634. The first-order valence-electron chi connectivity index (χ1n) is 5.29. The highest BCUT2D eigenvalue weighted by atomic mass is 16.6. The van der Waals surface area contributed by atoms with Gasteiger partial charge in [0.15, 0.2) is 0 Å². The maximum Gasteiger partial charge on any atom is 0.268 e. The van der Waals surface area contributed by atoms with E-state index in [1.807, 2.05) is 6.92 Å². The highest BCUT2D eigenvalue weighted by molar-refractivity contribution is 5.66. The SMILES string of the molecule is CC1=C([N+](=O)[O-])C=C(c2nnn(C)n2)C(C)C1. The average molecular weight is 235 g/mol. The van der Waals surface area contributed by atoms with Crippen LogP contribution in [0.4, 0.5) is 0 Å². The molecule has 0 aromatic carbocycles. The van der Waals surface area contributed by atoms with Gasteiger partial charge < -0.3 is 0 Å². The Bertz CT molecular complexity index is 529. The predicted molar refractivity (Wildman–Crippen MR) is 60.3 cm³/mol. The van der Waals surface area contributed by atoms with Crippen molar-refractivity contribution in [3.05, 3.63) is 33.3 Å². The number of aryl methyl sites for hydroxylation is 1. The second kappa shape index (κ2) is 4.08. The van der Waals surface area contributed by atoms with E-state index in [1.165, 1.54) is 4.80 Å². The highest BCUT2D eigenvalue weighted by Crippen LogP contribution is 2.33. The fourth-order valence-electron chi connectivity index (χ4n) is 1.98. The number of allylic oxidation sites excluding steroid dienone is 3. The van der Waals surface area contributed by atoms with Crippen LogP contribution in [0.25, 0.3) is 5.57 Å². The second-order valence-electron chi connectivity index (χ2n) is 4.23. The van der Waals surface area contributed by atoms with Crippen LogP contribution in [-0.4, -0.2) is 25.1 Å². The zero-order valence-corrected chi connectivity index (χ0v) is 9.91. The van der Waals surface area contributed by atoms with Crippen LogP contribution in [0.15, 0.2) is 17.3 Å². The average Bonchev–Trinajstić information content (AvgIpc) is 2.64. The van der Waals surface area contributed by atoms with Crippen LogP contribution in [-0.2, 0) is 7.05 Å². The van der Waals surface area contributed by atoms with Gasteiger partial charge in [0, 0.05) is 17.2 Å². The molecule has 0 amide bonds. The smallest absolute Gasteiger partial charge is 0.258 e. The summed E-state index contributed by atoms with van der Waals surface area (Å²) < 4.78 is 0. The molecule has 1 heterocycles. The van der Waals surface area contributed by atoms with E-state index >= 15 is 0 Å². The molecule has 0 N–H and O–H groups in total. The van der Waals surface area contributed by atoms with Gasteiger partial charge in [-0.25, -0.2) is 0 Å². The zero-order chi connectivity index (χ0) is 12.6. The number of hydrogen-bond donors (Lipinski definition) is 0. The van der Waals surface area contributed by atoms with Crippen LogP contribution in [0.1, 0.15) is 26.1 Å². The molecule has 1 aliphatic carbocycles. The van der Waals surface area contributed by atoms with Crippen molar-refractivity contribution >= 4 is 5.57 Å². The Labute approximate surface area is 98.0 Å². The summed E-state index contributed by atoms with van der Waals surface area (Å²) in [6.45, 7) is 3.79. The van der Waals surface area contributed by atoms with Crippen LogP contribution < -0.4 is 0 Å². The predicted octanol–water partition coefficient (Wildman–Crippen LogP) is 1.18. The van der Waals surface area contributed by atoms with Crippen LogP contribution in [0, 0.1) is 16.0 Å². The van der Waals surface area contributed by atoms with E-state index in [9.17, 15) is 10.1 Å². The Morgan fingerprint density at radius 1 is 1.59 bits per heavy atom. The third kappa shape index (κ3) is 2.08. The Hall–Kier alpha value is -2.05. The van der Waals surface area contributed by atoms with Crippen LogP contribution >= 0.6 is 0 Å². The number of rotatable bonds is 2. The van der Waals surface area contributed by atoms with Crippen LogP contribution in [0.2, 0.25) is 0 Å². The lowest BCUT2D eigenvalue weighted by Gasteiger charge is -2.17. The van der Waals surface area contributed by atoms with Crippen LogP contribution in [0.3, 0.4) is 0 Å². The van der Waals surface area contributed by atoms with Gasteiger partial charge in [0.1, 0.15) is 0 Å². The summed E-state index contributed by atoms with van der Waals surface area (Å²) in [6.07, 6.45) is 2.21. The summed E-state index contributed by atoms with van der Waals surface area (Å²) in [7, 11) is 1.67. The summed E-state index contributed by atoms with van der Waals surface area (Å²) in [6, 6.07) is 0. The van der Waals surface area contributed by atoms with Gasteiger partial charge >= 0.3 is 0 Å². The van der Waals surface area contributed by atoms with E-state index in [0.29, 0.717) is 12.2 Å². The summed E-state index contributed by atoms with van der Waals surface area (Å²) in [5.41, 5.74) is 1.70. The molecule has 1 aromatic rings. The molecule has 1 aromatic heterocycles. The third-order valence-corrected chi connectivity index (χ3v) is 2.84. The lowest BCUT2D eigenvalue weighted by Crippen LogP contribution is -2.12. The van der Waals surface area contributed by atoms with Crippen molar-refractivity contribution in [3.8, 4) is 0 Å². The third-order valence-electron chi connectivity index (χ3n) is 2.84. The molecule has 0 fully saturated rings. The van der Waals surface area contributed by atoms with E-state index in [0.717, 1.165) is 11.1 Å². The molecule has 0 bridgehead atoms. The van der Waals surface area contributed by atoms with Gasteiger partial charge in [-0.05, 0) is 24.5 Å². The van der Waals surface area contributed by atoms with Crippen molar-refractivity contribution < 1.29 is 4.92 Å². The quantitative estimate of drug-likeness (QED) is 0.567. The summed E-state index contributed by atoms with van der Waals surface area (Å²) >= 11 is 0. The van der Waals surface area contributed by atoms with Gasteiger partial charge in [0.05, 0.1) is 12.0 Å². The van der Waals surface area contributed by atoms with Crippen molar-refractivity contribution in [2.24, 2.45) is 13.0 Å². The molecule has 0 saturated heterocycles. The number of nitro groups is 1. The van der Waals surface area contributed by atoms with E-state index in [-0.39, 0.29) is 16.5 Å². The molecule has 1 atom stereocenters. The van der Waals surface area contributed by atoms with Gasteiger partial charge in [-0.15, -0.1) is 10.2 Å². The molecule has 7 nitrogen and oxygen atoms in total. The summed E-state index contributed by atoms with van der Waals surface area (Å²) in [5, 5.41) is 22.6. The number of tetrazole rings is 1. The lowest BCUT2D eigenvalue weighted by atomic mass is 9.87. The number of hydrogen-bond acceptors (Lipinski definition) is 5. The fourth-order valence-corrected chi connectivity index (χ4v) is 1.98. The highest BCUT2D eigenvalue weighted by Gasteiger charge is 2.27. The molecule has 1 aliphatic rings. The normalized spacial score (nSPS) is 20.4. The minimum Gasteiger partial charge on any atom is -0.258 e. The molecule has 2 rings (SSSR count). The van der Waals surface area contributed by atoms with Gasteiger partial charge in [-0.2, -0.15) is 4.80 Å². The molecule has 7 heteroatoms. The topological polar surface area (TPSA) is 86.7 Å². The van der Waals surface area contributed by atoms with Gasteiger partial charge in [0.25, 0.3) is 5.70 Å². The molecule has 0 radical (unpaired) electrons. The first kappa shape index (κ1) is 11.4. The Balaban J connectivity index is 2.46. The Morgan fingerprint density at radius 3 is 2.82 bits per heavy atom. The van der Waals surface area contributed by atoms with Gasteiger partial charge in [0.2, 0.25) is 5.82 Å². The van der Waals surface area contributed by atoms with E-state index in [4.69, 9.17) is 0 Å². The lowest BCUT2D eigenvalue weighted by molar-refractivity contribution is -0.420. The molecule has 0 saturated carbocycles. The minimum atomic E-state index is -0.364. The minimum absolute atomic E-state index is 0.144. The molecule has 1 unspecified atom stereocenters. The van der Waals surface area contributed by atoms with Crippen molar-refractivity contribution in [1.82, 2.24) is 20.2 Å². The Kier molecular flexibility index (Phi) is 2.74. The molecule has 0 aliphatic heterocycles. The molecular weight excluding hydrogens is 222 g/mol. The van der Waals surface area contributed by atoms with Gasteiger partial charge in [-0.3, -0.25) is 10.1 Å². The molecule has 90 valence electrons. The maximum absolute atomic E-state index is 10.9. The molecular formula is C10H13N5O2. The van der Waals surface area contributed by atoms with Crippen molar-refractivity contribution in [2.75, 3.05) is 0 Å². The molecule has 0 spiro atoms. The summed E-state index contributed by atoms with van der Waals surface area (Å²) in [4.78, 5) is 11.9. The van der Waals surface area contributed by atoms with E-state index in [2.05, 4.69) is 15.4 Å². The van der Waals surface area contributed by atoms with Crippen molar-refractivity contribution in [2.45, 2.75) is 20.3 Å². The second-order valence-corrected chi connectivity index (χ2v) is 4.23. The monoisotopic (exact) mass is 235 g/mol. The fraction of sp³-hybridized carbons (Fsp3) is 0.500. The van der Waals surface area contributed by atoms with Crippen molar-refractivity contribution in [1.29, 1.82) is 0 Å². The van der Waals surface area contributed by atoms with Crippen molar-refractivity contribution in [3.63, 3.8) is 0 Å². The van der Waals surface area contributed by atoms with Gasteiger partial charge in [-0.1, -0.05) is 6.92 Å².